The number of rotatable bonds is 7. The molecular weight excluding hydrogens is 348 g/mol. The first-order chi connectivity index (χ1) is 11.8. The Morgan fingerprint density at radius 1 is 1.20 bits per heavy atom. The number of amides is 2. The van der Waals surface area contributed by atoms with Gasteiger partial charge in [0.05, 0.1) is 10.6 Å². The van der Waals surface area contributed by atoms with Crippen molar-refractivity contribution in [2.24, 2.45) is 0 Å². The summed E-state index contributed by atoms with van der Waals surface area (Å²) in [5.74, 6) is -2.53. The van der Waals surface area contributed by atoms with Crippen molar-refractivity contribution in [1.29, 1.82) is 0 Å². The van der Waals surface area contributed by atoms with Crippen LogP contribution in [0.25, 0.3) is 0 Å². The Balaban J connectivity index is 2.05. The number of carbonyl (C=O) groups excluding carboxylic acids is 2. The van der Waals surface area contributed by atoms with Gasteiger partial charge in [0.1, 0.15) is 0 Å². The molecule has 8 nitrogen and oxygen atoms in total. The number of anilines is 1. The summed E-state index contributed by atoms with van der Waals surface area (Å²) in [5.41, 5.74) is 0.255. The first-order valence-corrected chi connectivity index (χ1v) is 9.41. The topological polar surface area (TPSA) is 121 Å². The number of nitrogens with zero attached hydrogens (tertiary/aromatic N) is 1. The van der Waals surface area contributed by atoms with Crippen LogP contribution < -0.4 is 10.2 Å². The van der Waals surface area contributed by atoms with Crippen molar-refractivity contribution in [1.82, 2.24) is 5.32 Å². The molecular formula is C16H20N2O6S. The number of nitrogens with one attached hydrogen (secondary N) is 1. The van der Waals surface area contributed by atoms with Gasteiger partial charge < -0.3 is 15.3 Å². The van der Waals surface area contributed by atoms with Crippen molar-refractivity contribution in [3.05, 3.63) is 24.3 Å². The maximum atomic E-state index is 12.6. The third-order valence-electron chi connectivity index (χ3n) is 4.00. The summed E-state index contributed by atoms with van der Waals surface area (Å²) >= 11 is 0. The van der Waals surface area contributed by atoms with Gasteiger partial charge in [0.2, 0.25) is 21.0 Å². The smallest absolute Gasteiger partial charge is 0.303 e. The Kier molecular flexibility index (Phi) is 5.78. The van der Waals surface area contributed by atoms with Crippen LogP contribution in [0.5, 0.6) is 0 Å². The van der Waals surface area contributed by atoms with Crippen LogP contribution in [0.4, 0.5) is 5.69 Å². The lowest BCUT2D eigenvalue weighted by atomic mass is 10.2. The molecule has 136 valence electrons. The first kappa shape index (κ1) is 18.9. The summed E-state index contributed by atoms with van der Waals surface area (Å²) in [6, 6.07) is 6.05. The van der Waals surface area contributed by atoms with E-state index in [2.05, 4.69) is 5.32 Å². The van der Waals surface area contributed by atoms with Gasteiger partial charge in [-0.05, 0) is 25.0 Å². The summed E-state index contributed by atoms with van der Waals surface area (Å²) in [6.45, 7) is 0.184. The van der Waals surface area contributed by atoms with Crippen molar-refractivity contribution in [3.63, 3.8) is 0 Å². The lowest BCUT2D eigenvalue weighted by Gasteiger charge is -2.30. The van der Waals surface area contributed by atoms with E-state index in [1.54, 1.807) is 6.07 Å². The first-order valence-electron chi connectivity index (χ1n) is 7.87. The molecule has 0 saturated carbocycles. The molecule has 25 heavy (non-hydrogen) atoms. The number of sulfone groups is 1. The van der Waals surface area contributed by atoms with Gasteiger partial charge in [-0.2, -0.15) is 0 Å². The number of carboxylic acid groups (broad SMARTS) is 1. The van der Waals surface area contributed by atoms with Gasteiger partial charge in [0, 0.05) is 20.0 Å². The van der Waals surface area contributed by atoms with Crippen LogP contribution in [0.1, 0.15) is 25.7 Å². The third kappa shape index (κ3) is 3.98. The Hall–Kier alpha value is -2.42. The van der Waals surface area contributed by atoms with Crippen LogP contribution in [0.3, 0.4) is 0 Å². The number of para-hydroxylation sites is 1. The van der Waals surface area contributed by atoms with Crippen molar-refractivity contribution < 1.29 is 27.9 Å². The zero-order valence-corrected chi connectivity index (χ0v) is 14.6. The van der Waals surface area contributed by atoms with Gasteiger partial charge in [-0.1, -0.05) is 18.6 Å². The SMILES string of the molecule is CN1C(=O)C(C(=O)NCCCCCC(=O)O)S(=O)(=O)c2ccccc21. The molecule has 0 spiro atoms. The minimum atomic E-state index is -4.10. The summed E-state index contributed by atoms with van der Waals surface area (Å²) in [7, 11) is -2.67. The Bertz CT molecular complexity index is 790. The molecule has 1 aliphatic heterocycles. The van der Waals surface area contributed by atoms with E-state index in [1.165, 1.54) is 30.1 Å². The van der Waals surface area contributed by atoms with Crippen LogP contribution in [-0.2, 0) is 24.2 Å². The van der Waals surface area contributed by atoms with Crippen molar-refractivity contribution in [2.45, 2.75) is 35.8 Å². The fourth-order valence-corrected chi connectivity index (χ4v) is 4.47. The molecule has 0 aliphatic carbocycles. The quantitative estimate of drug-likeness (QED) is 0.536. The van der Waals surface area contributed by atoms with Crippen LogP contribution >= 0.6 is 0 Å². The van der Waals surface area contributed by atoms with Gasteiger partial charge in [0.25, 0.3) is 5.91 Å². The Labute approximate surface area is 145 Å². The zero-order chi connectivity index (χ0) is 18.6. The van der Waals surface area contributed by atoms with E-state index < -0.39 is 32.9 Å². The average Bonchev–Trinajstić information content (AvgIpc) is 2.56. The number of carboxylic acids is 1. The second-order valence-corrected chi connectivity index (χ2v) is 7.79. The molecule has 0 radical (unpaired) electrons. The maximum absolute atomic E-state index is 12.6. The minimum Gasteiger partial charge on any atom is -0.481 e. The number of hydrogen-bond acceptors (Lipinski definition) is 5. The monoisotopic (exact) mass is 368 g/mol. The van der Waals surface area contributed by atoms with Gasteiger partial charge in [-0.3, -0.25) is 14.4 Å². The molecule has 1 aromatic rings. The molecule has 1 unspecified atom stereocenters. The van der Waals surface area contributed by atoms with Crippen molar-refractivity contribution in [2.75, 3.05) is 18.5 Å². The largest absolute Gasteiger partial charge is 0.481 e. The molecule has 0 fully saturated rings. The highest BCUT2D eigenvalue weighted by atomic mass is 32.2. The van der Waals surface area contributed by atoms with Gasteiger partial charge >= 0.3 is 5.97 Å². The standard InChI is InChI=1S/C16H20N2O6S/c1-18-11-7-4-5-8-12(11)25(23,24)14(16(18)22)15(21)17-10-6-2-3-9-13(19)20/h4-5,7-8,14H,2-3,6,9-10H2,1H3,(H,17,21)(H,19,20). The van der Waals surface area contributed by atoms with E-state index in [0.717, 1.165) is 0 Å². The number of benzene rings is 1. The number of hydrogen-bond donors (Lipinski definition) is 2. The number of unbranched alkanes of at least 4 members (excludes halogenated alkanes) is 2. The molecule has 2 rings (SSSR count). The number of aliphatic carboxylic acids is 1. The fourth-order valence-electron chi connectivity index (χ4n) is 2.66. The highest BCUT2D eigenvalue weighted by Crippen LogP contribution is 2.33. The fraction of sp³-hybridized carbons (Fsp3) is 0.438. The van der Waals surface area contributed by atoms with E-state index in [4.69, 9.17) is 5.11 Å². The lowest BCUT2D eigenvalue weighted by Crippen LogP contribution is -2.53. The van der Waals surface area contributed by atoms with E-state index in [9.17, 15) is 22.8 Å². The second kappa shape index (κ2) is 7.64. The molecule has 0 bridgehead atoms. The molecule has 2 amide bonds. The van der Waals surface area contributed by atoms with Gasteiger partial charge in [-0.15, -0.1) is 0 Å². The normalized spacial score (nSPS) is 18.5. The predicted molar refractivity (Wildman–Crippen MR) is 89.9 cm³/mol. The highest BCUT2D eigenvalue weighted by molar-refractivity contribution is 7.94. The van der Waals surface area contributed by atoms with E-state index >= 15 is 0 Å². The molecule has 9 heteroatoms. The van der Waals surface area contributed by atoms with Gasteiger partial charge in [-0.25, -0.2) is 8.42 Å². The zero-order valence-electron chi connectivity index (χ0n) is 13.8. The number of carbonyl (C=O) groups is 3. The molecule has 0 aromatic heterocycles. The van der Waals surface area contributed by atoms with Crippen LogP contribution in [0, 0.1) is 0 Å². The molecule has 1 aromatic carbocycles. The highest BCUT2D eigenvalue weighted by Gasteiger charge is 2.47. The summed E-state index contributed by atoms with van der Waals surface area (Å²) in [6.07, 6.45) is 1.61. The molecule has 1 aliphatic rings. The van der Waals surface area contributed by atoms with E-state index in [0.29, 0.717) is 19.3 Å². The van der Waals surface area contributed by atoms with Crippen LogP contribution in [0.15, 0.2) is 29.2 Å². The van der Waals surface area contributed by atoms with Gasteiger partial charge in [0.15, 0.2) is 0 Å². The van der Waals surface area contributed by atoms with Crippen LogP contribution in [-0.4, -0.2) is 50.2 Å². The van der Waals surface area contributed by atoms with E-state index in [-0.39, 0.29) is 23.5 Å². The molecule has 1 heterocycles. The molecule has 2 N–H and O–H groups in total. The average molecular weight is 368 g/mol. The summed E-state index contributed by atoms with van der Waals surface area (Å²) in [5, 5.41) is 9.21. The van der Waals surface area contributed by atoms with Crippen LogP contribution in [0.2, 0.25) is 0 Å². The second-order valence-electron chi connectivity index (χ2n) is 5.79. The van der Waals surface area contributed by atoms with Crippen molar-refractivity contribution in [3.8, 4) is 0 Å². The molecule has 1 atom stereocenters. The van der Waals surface area contributed by atoms with E-state index in [1.807, 2.05) is 0 Å². The minimum absolute atomic E-state index is 0.0429. The lowest BCUT2D eigenvalue weighted by molar-refractivity contribution is -0.137. The number of fused-ring (bicyclic) bond motifs is 1. The maximum Gasteiger partial charge on any atom is 0.303 e. The van der Waals surface area contributed by atoms with Crippen molar-refractivity contribution >= 4 is 33.3 Å². The predicted octanol–water partition coefficient (Wildman–Crippen LogP) is 0.566. The Morgan fingerprint density at radius 3 is 2.56 bits per heavy atom. The Morgan fingerprint density at radius 2 is 1.88 bits per heavy atom. The summed E-state index contributed by atoms with van der Waals surface area (Å²) < 4.78 is 25.3. The third-order valence-corrected chi connectivity index (χ3v) is 6.00. The molecule has 0 saturated heterocycles. The summed E-state index contributed by atoms with van der Waals surface area (Å²) in [4.78, 5) is 36.2.